The summed E-state index contributed by atoms with van der Waals surface area (Å²) in [4.78, 5) is 11.0. The van der Waals surface area contributed by atoms with Crippen molar-refractivity contribution in [3.05, 3.63) is 24.3 Å². The molecule has 24 heavy (non-hydrogen) atoms. The van der Waals surface area contributed by atoms with Crippen LogP contribution in [0.4, 0.5) is 0 Å². The molecule has 10 heteroatoms. The van der Waals surface area contributed by atoms with Gasteiger partial charge in [0, 0.05) is 27.2 Å². The number of aliphatic carboxylic acids is 1. The van der Waals surface area contributed by atoms with Crippen LogP contribution >= 0.6 is 0 Å². The van der Waals surface area contributed by atoms with E-state index in [9.17, 15) is 21.6 Å². The molecule has 0 aliphatic carbocycles. The van der Waals surface area contributed by atoms with Crippen LogP contribution in [0.5, 0.6) is 0 Å². The lowest BCUT2D eigenvalue weighted by Gasteiger charge is -2.29. The van der Waals surface area contributed by atoms with Gasteiger partial charge in [-0.1, -0.05) is 0 Å². The summed E-state index contributed by atoms with van der Waals surface area (Å²) in [7, 11) is -4.71. The number of hydrogen-bond donors (Lipinski definition) is 1. The third-order valence-corrected chi connectivity index (χ3v) is 7.68. The molecule has 0 bridgehead atoms. The minimum Gasteiger partial charge on any atom is -0.481 e. The molecule has 1 atom stereocenters. The average Bonchev–Trinajstić information content (AvgIpc) is 2.54. The highest BCUT2D eigenvalue weighted by atomic mass is 32.2. The van der Waals surface area contributed by atoms with Gasteiger partial charge >= 0.3 is 5.97 Å². The number of carboxylic acids is 1. The van der Waals surface area contributed by atoms with Crippen molar-refractivity contribution in [1.29, 1.82) is 0 Å². The highest BCUT2D eigenvalue weighted by Gasteiger charge is 2.33. The average molecular weight is 376 g/mol. The van der Waals surface area contributed by atoms with Gasteiger partial charge in [-0.05, 0) is 37.1 Å². The number of piperidine rings is 1. The van der Waals surface area contributed by atoms with Crippen molar-refractivity contribution in [2.24, 2.45) is 5.92 Å². The smallest absolute Gasteiger partial charge is 0.307 e. The molecular weight excluding hydrogens is 356 g/mol. The summed E-state index contributed by atoms with van der Waals surface area (Å²) >= 11 is 0. The molecule has 0 radical (unpaired) electrons. The molecule has 1 aliphatic heterocycles. The van der Waals surface area contributed by atoms with E-state index in [2.05, 4.69) is 0 Å². The molecule has 8 nitrogen and oxygen atoms in total. The Morgan fingerprint density at radius 3 is 2.17 bits per heavy atom. The minimum absolute atomic E-state index is 0.00601. The van der Waals surface area contributed by atoms with Gasteiger partial charge in [-0.2, -0.15) is 4.31 Å². The van der Waals surface area contributed by atoms with E-state index in [1.54, 1.807) is 0 Å². The normalized spacial score (nSPS) is 20.2. The van der Waals surface area contributed by atoms with Crippen LogP contribution in [0.1, 0.15) is 12.8 Å². The van der Waals surface area contributed by atoms with E-state index in [1.807, 2.05) is 0 Å². The van der Waals surface area contributed by atoms with Crippen molar-refractivity contribution in [2.45, 2.75) is 22.6 Å². The van der Waals surface area contributed by atoms with Crippen LogP contribution in [-0.2, 0) is 24.8 Å². The Morgan fingerprint density at radius 1 is 1.12 bits per heavy atom. The molecule has 0 spiro atoms. The van der Waals surface area contributed by atoms with Gasteiger partial charge in [0.15, 0.2) is 0 Å². The summed E-state index contributed by atoms with van der Waals surface area (Å²) < 4.78 is 51.5. The first-order valence-electron chi connectivity index (χ1n) is 7.32. The molecule has 0 aromatic heterocycles. The Labute approximate surface area is 141 Å². The molecule has 0 unspecified atom stereocenters. The van der Waals surface area contributed by atoms with Crippen LogP contribution in [0.25, 0.3) is 0 Å². The van der Waals surface area contributed by atoms with Crippen LogP contribution < -0.4 is 0 Å². The van der Waals surface area contributed by atoms with Gasteiger partial charge in [0.1, 0.15) is 0 Å². The first kappa shape index (κ1) is 18.8. The second-order valence-electron chi connectivity index (χ2n) is 5.80. The van der Waals surface area contributed by atoms with Crippen molar-refractivity contribution < 1.29 is 26.7 Å². The number of sulfonamides is 2. The number of nitrogens with zero attached hydrogens (tertiary/aromatic N) is 2. The third kappa shape index (κ3) is 3.61. The van der Waals surface area contributed by atoms with Gasteiger partial charge in [-0.15, -0.1) is 0 Å². The van der Waals surface area contributed by atoms with Gasteiger partial charge in [0.05, 0.1) is 15.7 Å². The second-order valence-corrected chi connectivity index (χ2v) is 9.89. The molecule has 2 rings (SSSR count). The predicted molar refractivity (Wildman–Crippen MR) is 86.4 cm³/mol. The number of benzene rings is 1. The largest absolute Gasteiger partial charge is 0.481 e. The van der Waals surface area contributed by atoms with Crippen LogP contribution in [-0.4, -0.2) is 63.7 Å². The van der Waals surface area contributed by atoms with Gasteiger partial charge in [0.25, 0.3) is 0 Å². The monoisotopic (exact) mass is 376 g/mol. The molecule has 134 valence electrons. The first-order chi connectivity index (χ1) is 11.1. The molecule has 1 heterocycles. The second kappa shape index (κ2) is 6.79. The molecular formula is C14H20N2O6S2. The summed E-state index contributed by atoms with van der Waals surface area (Å²) in [5.41, 5.74) is 0. The van der Waals surface area contributed by atoms with Crippen molar-refractivity contribution in [2.75, 3.05) is 27.2 Å². The Morgan fingerprint density at radius 2 is 1.67 bits per heavy atom. The zero-order valence-electron chi connectivity index (χ0n) is 13.4. The Hall–Kier alpha value is -1.49. The van der Waals surface area contributed by atoms with Gasteiger partial charge in [-0.3, -0.25) is 4.79 Å². The van der Waals surface area contributed by atoms with Crippen LogP contribution in [0.3, 0.4) is 0 Å². The third-order valence-electron chi connectivity index (χ3n) is 3.97. The van der Waals surface area contributed by atoms with Gasteiger partial charge < -0.3 is 5.11 Å². The predicted octanol–water partition coefficient (Wildman–Crippen LogP) is 0.422. The number of carboxylic acid groups (broad SMARTS) is 1. The molecule has 1 fully saturated rings. The first-order valence-corrected chi connectivity index (χ1v) is 10.2. The fourth-order valence-electron chi connectivity index (χ4n) is 2.51. The Balaban J connectivity index is 2.29. The summed E-state index contributed by atoms with van der Waals surface area (Å²) in [5, 5.41) is 9.08. The Kier molecular flexibility index (Phi) is 5.33. The minimum atomic E-state index is -3.85. The van der Waals surface area contributed by atoms with E-state index in [1.165, 1.54) is 38.4 Å². The molecule has 1 aromatic carbocycles. The number of carbonyl (C=O) groups is 1. The van der Waals surface area contributed by atoms with Crippen LogP contribution in [0, 0.1) is 5.92 Å². The lowest BCUT2D eigenvalue weighted by molar-refractivity contribution is -0.142. The topological polar surface area (TPSA) is 112 Å². The molecule has 0 saturated carbocycles. The highest BCUT2D eigenvalue weighted by Crippen LogP contribution is 2.25. The highest BCUT2D eigenvalue weighted by molar-refractivity contribution is 7.89. The lowest BCUT2D eigenvalue weighted by atomic mass is 10.0. The van der Waals surface area contributed by atoms with Gasteiger partial charge in [0.2, 0.25) is 20.0 Å². The van der Waals surface area contributed by atoms with Gasteiger partial charge in [-0.25, -0.2) is 21.1 Å². The fourth-order valence-corrected chi connectivity index (χ4v) is 4.93. The fraction of sp³-hybridized carbons (Fsp3) is 0.500. The zero-order valence-corrected chi connectivity index (χ0v) is 15.0. The standard InChI is InChI=1S/C14H20N2O6S2/c1-15(2)23(19,20)12-5-7-13(8-6-12)24(21,22)16-9-3-4-11(10-16)14(17)18/h5-8,11H,3-4,9-10H2,1-2H3,(H,17,18)/t11-/m0/s1. The van der Waals surface area contributed by atoms with E-state index in [0.717, 1.165) is 8.61 Å². The summed E-state index contributed by atoms with van der Waals surface area (Å²) in [6.45, 7) is 0.180. The van der Waals surface area contributed by atoms with Crippen molar-refractivity contribution in [1.82, 2.24) is 8.61 Å². The zero-order chi connectivity index (χ0) is 18.1. The summed E-state index contributed by atoms with van der Waals surface area (Å²) in [5.74, 6) is -1.73. The SMILES string of the molecule is CN(C)S(=O)(=O)c1ccc(S(=O)(=O)N2CCC[C@H](C(=O)O)C2)cc1. The molecule has 1 aromatic rings. The number of hydrogen-bond acceptors (Lipinski definition) is 5. The van der Waals surface area contributed by atoms with E-state index < -0.39 is 31.9 Å². The van der Waals surface area contributed by atoms with Crippen molar-refractivity contribution >= 4 is 26.0 Å². The quantitative estimate of drug-likeness (QED) is 0.797. The maximum absolute atomic E-state index is 12.6. The molecule has 1 N–H and O–H groups in total. The molecule has 0 amide bonds. The molecule has 1 aliphatic rings. The Bertz CT molecular complexity index is 815. The van der Waals surface area contributed by atoms with Crippen molar-refractivity contribution in [3.63, 3.8) is 0 Å². The molecule has 1 saturated heterocycles. The maximum Gasteiger partial charge on any atom is 0.307 e. The summed E-state index contributed by atoms with van der Waals surface area (Å²) in [6.07, 6.45) is 0.921. The van der Waals surface area contributed by atoms with E-state index >= 15 is 0 Å². The lowest BCUT2D eigenvalue weighted by Crippen LogP contribution is -2.42. The van der Waals surface area contributed by atoms with E-state index in [-0.39, 0.29) is 22.9 Å². The maximum atomic E-state index is 12.6. The van der Waals surface area contributed by atoms with E-state index in [4.69, 9.17) is 5.11 Å². The van der Waals surface area contributed by atoms with Crippen LogP contribution in [0.15, 0.2) is 34.1 Å². The van der Waals surface area contributed by atoms with E-state index in [0.29, 0.717) is 12.8 Å². The van der Waals surface area contributed by atoms with Crippen molar-refractivity contribution in [3.8, 4) is 0 Å². The summed E-state index contributed by atoms with van der Waals surface area (Å²) in [6, 6.07) is 4.94. The van der Waals surface area contributed by atoms with Crippen LogP contribution in [0.2, 0.25) is 0 Å². The number of rotatable bonds is 5.